The molecule has 0 amide bonds. The van der Waals surface area contributed by atoms with E-state index in [2.05, 4.69) is 16.9 Å². The summed E-state index contributed by atoms with van der Waals surface area (Å²) in [5, 5.41) is 1.03. The van der Waals surface area contributed by atoms with Crippen LogP contribution in [0.4, 0.5) is 4.39 Å². The van der Waals surface area contributed by atoms with Gasteiger partial charge in [0, 0.05) is 29.7 Å². The Labute approximate surface area is 107 Å². The predicted octanol–water partition coefficient (Wildman–Crippen LogP) is 3.33. The molecule has 1 aromatic carbocycles. The fraction of sp³-hybridized carbons (Fsp3) is 0.467. The number of fused-ring (bicyclic) bond motifs is 1. The Hall–Kier alpha value is -1.35. The summed E-state index contributed by atoms with van der Waals surface area (Å²) in [6.07, 6.45) is 7.03. The van der Waals surface area contributed by atoms with Crippen LogP contribution in [0.15, 0.2) is 24.4 Å². The predicted molar refractivity (Wildman–Crippen MR) is 72.2 cm³/mol. The fourth-order valence-corrected chi connectivity index (χ4v) is 2.66. The third kappa shape index (κ3) is 2.15. The second-order valence-electron chi connectivity index (χ2n) is 5.32. The Morgan fingerprint density at radius 3 is 2.94 bits per heavy atom. The lowest BCUT2D eigenvalue weighted by atomic mass is 9.91. The Kier molecular flexibility index (Phi) is 3.08. The van der Waals surface area contributed by atoms with Crippen molar-refractivity contribution in [1.29, 1.82) is 0 Å². The molecule has 96 valence electrons. The summed E-state index contributed by atoms with van der Waals surface area (Å²) >= 11 is 0. The first-order chi connectivity index (χ1) is 8.74. The summed E-state index contributed by atoms with van der Waals surface area (Å²) in [5.41, 5.74) is 2.24. The summed E-state index contributed by atoms with van der Waals surface area (Å²) in [5.74, 6) is -0.157. The van der Waals surface area contributed by atoms with Gasteiger partial charge in [-0.1, -0.05) is 6.42 Å². The van der Waals surface area contributed by atoms with Gasteiger partial charge in [0.05, 0.1) is 0 Å². The molecule has 1 fully saturated rings. The van der Waals surface area contributed by atoms with Crippen molar-refractivity contribution in [3.05, 3.63) is 35.8 Å². The second kappa shape index (κ2) is 4.73. The van der Waals surface area contributed by atoms with Crippen LogP contribution in [0.2, 0.25) is 0 Å². The number of nitrogens with zero attached hydrogens (tertiary/aromatic N) is 1. The largest absolute Gasteiger partial charge is 0.361 e. The van der Waals surface area contributed by atoms with Crippen molar-refractivity contribution < 1.29 is 4.39 Å². The Balaban J connectivity index is 1.72. The van der Waals surface area contributed by atoms with E-state index in [1.54, 1.807) is 6.07 Å². The van der Waals surface area contributed by atoms with Gasteiger partial charge in [0.25, 0.3) is 0 Å². The van der Waals surface area contributed by atoms with Crippen LogP contribution in [0, 0.1) is 5.82 Å². The quantitative estimate of drug-likeness (QED) is 0.876. The minimum Gasteiger partial charge on any atom is -0.361 e. The number of H-pyrrole nitrogens is 1. The first kappa shape index (κ1) is 11.7. The van der Waals surface area contributed by atoms with Crippen LogP contribution in [0.1, 0.15) is 24.8 Å². The maximum atomic E-state index is 13.3. The lowest BCUT2D eigenvalue weighted by Crippen LogP contribution is -2.38. The zero-order valence-corrected chi connectivity index (χ0v) is 10.7. The van der Waals surface area contributed by atoms with Crippen molar-refractivity contribution in [3.8, 4) is 0 Å². The van der Waals surface area contributed by atoms with Gasteiger partial charge < -0.3 is 9.88 Å². The first-order valence-electron chi connectivity index (χ1n) is 6.70. The first-order valence-corrected chi connectivity index (χ1v) is 6.70. The van der Waals surface area contributed by atoms with Crippen LogP contribution in [0.5, 0.6) is 0 Å². The van der Waals surface area contributed by atoms with Gasteiger partial charge in [-0.15, -0.1) is 0 Å². The molecule has 1 N–H and O–H groups in total. The Bertz CT molecular complexity index is 542. The molecule has 3 rings (SSSR count). The molecule has 18 heavy (non-hydrogen) atoms. The molecule has 1 saturated carbocycles. The molecule has 1 aromatic heterocycles. The van der Waals surface area contributed by atoms with E-state index < -0.39 is 0 Å². The van der Waals surface area contributed by atoms with Gasteiger partial charge in [-0.2, -0.15) is 0 Å². The van der Waals surface area contributed by atoms with Crippen molar-refractivity contribution in [2.24, 2.45) is 0 Å². The topological polar surface area (TPSA) is 19.0 Å². The summed E-state index contributed by atoms with van der Waals surface area (Å²) in [7, 11) is 2.19. The number of nitrogens with one attached hydrogen (secondary N) is 1. The smallest absolute Gasteiger partial charge is 0.123 e. The summed E-state index contributed by atoms with van der Waals surface area (Å²) in [6.45, 7) is 1.05. The Morgan fingerprint density at radius 2 is 2.22 bits per heavy atom. The van der Waals surface area contributed by atoms with E-state index in [0.717, 1.165) is 29.9 Å². The standard InChI is InChI=1S/C15H19FN2/c1-18(13-3-2-4-13)8-7-11-10-17-15-6-5-12(16)9-14(11)15/h5-6,9-10,13,17H,2-4,7-8H2,1H3. The number of aromatic nitrogens is 1. The summed E-state index contributed by atoms with van der Waals surface area (Å²) in [6, 6.07) is 5.71. The van der Waals surface area contributed by atoms with Crippen LogP contribution in [0.3, 0.4) is 0 Å². The van der Waals surface area contributed by atoms with Gasteiger partial charge in [-0.05, 0) is 50.1 Å². The minimum atomic E-state index is -0.157. The molecule has 0 atom stereocenters. The number of hydrogen-bond donors (Lipinski definition) is 1. The highest BCUT2D eigenvalue weighted by Gasteiger charge is 2.21. The van der Waals surface area contributed by atoms with Gasteiger partial charge in [0.1, 0.15) is 5.82 Å². The summed E-state index contributed by atoms with van der Waals surface area (Å²) in [4.78, 5) is 5.64. The molecule has 0 unspecified atom stereocenters. The monoisotopic (exact) mass is 246 g/mol. The van der Waals surface area contributed by atoms with Crippen molar-refractivity contribution in [2.75, 3.05) is 13.6 Å². The molecule has 1 aliphatic carbocycles. The number of halogens is 1. The van der Waals surface area contributed by atoms with E-state index in [4.69, 9.17) is 0 Å². The lowest BCUT2D eigenvalue weighted by Gasteiger charge is -2.34. The van der Waals surface area contributed by atoms with E-state index in [1.165, 1.54) is 30.9 Å². The van der Waals surface area contributed by atoms with E-state index in [1.807, 2.05) is 12.3 Å². The fourth-order valence-electron chi connectivity index (χ4n) is 2.66. The average Bonchev–Trinajstić information content (AvgIpc) is 2.66. The highest BCUT2D eigenvalue weighted by atomic mass is 19.1. The Morgan fingerprint density at radius 1 is 1.39 bits per heavy atom. The highest BCUT2D eigenvalue weighted by molar-refractivity contribution is 5.83. The third-order valence-electron chi connectivity index (χ3n) is 4.16. The molecule has 1 heterocycles. The minimum absolute atomic E-state index is 0.157. The molecule has 0 radical (unpaired) electrons. The van der Waals surface area contributed by atoms with Crippen molar-refractivity contribution in [3.63, 3.8) is 0 Å². The summed E-state index contributed by atoms with van der Waals surface area (Å²) < 4.78 is 13.3. The van der Waals surface area contributed by atoms with Gasteiger partial charge in [0.2, 0.25) is 0 Å². The number of benzene rings is 1. The maximum absolute atomic E-state index is 13.3. The molecule has 3 heteroatoms. The zero-order chi connectivity index (χ0) is 12.5. The van der Waals surface area contributed by atoms with E-state index in [-0.39, 0.29) is 5.82 Å². The van der Waals surface area contributed by atoms with Crippen LogP contribution >= 0.6 is 0 Å². The highest BCUT2D eigenvalue weighted by Crippen LogP contribution is 2.24. The van der Waals surface area contributed by atoms with Gasteiger partial charge in [-0.3, -0.25) is 0 Å². The molecule has 0 aliphatic heterocycles. The van der Waals surface area contributed by atoms with Crippen molar-refractivity contribution in [1.82, 2.24) is 9.88 Å². The number of aromatic amines is 1. The molecule has 2 nitrogen and oxygen atoms in total. The van der Waals surface area contributed by atoms with E-state index in [0.29, 0.717) is 0 Å². The van der Waals surface area contributed by atoms with Crippen LogP contribution in [-0.4, -0.2) is 29.5 Å². The SMILES string of the molecule is CN(CCc1c[nH]c2ccc(F)cc12)C1CCC1. The number of rotatable bonds is 4. The normalized spacial score (nSPS) is 16.4. The molecular weight excluding hydrogens is 227 g/mol. The molecule has 0 saturated heterocycles. The van der Waals surface area contributed by atoms with E-state index >= 15 is 0 Å². The van der Waals surface area contributed by atoms with Crippen LogP contribution in [0.25, 0.3) is 10.9 Å². The zero-order valence-electron chi connectivity index (χ0n) is 10.7. The van der Waals surface area contributed by atoms with Gasteiger partial charge in [0.15, 0.2) is 0 Å². The molecule has 0 bridgehead atoms. The van der Waals surface area contributed by atoms with Crippen molar-refractivity contribution in [2.45, 2.75) is 31.7 Å². The van der Waals surface area contributed by atoms with Crippen LogP contribution in [-0.2, 0) is 6.42 Å². The third-order valence-corrected chi connectivity index (χ3v) is 4.16. The van der Waals surface area contributed by atoms with Crippen molar-refractivity contribution >= 4 is 10.9 Å². The van der Waals surface area contributed by atoms with Crippen LogP contribution < -0.4 is 0 Å². The lowest BCUT2D eigenvalue weighted by molar-refractivity contribution is 0.161. The van der Waals surface area contributed by atoms with Gasteiger partial charge in [-0.25, -0.2) is 4.39 Å². The number of hydrogen-bond acceptors (Lipinski definition) is 1. The van der Waals surface area contributed by atoms with Gasteiger partial charge >= 0.3 is 0 Å². The second-order valence-corrected chi connectivity index (χ2v) is 5.32. The maximum Gasteiger partial charge on any atom is 0.123 e. The van der Waals surface area contributed by atoms with E-state index in [9.17, 15) is 4.39 Å². The molecule has 0 spiro atoms. The molecule has 2 aromatic rings. The number of likely N-dealkylation sites (N-methyl/N-ethyl adjacent to an activating group) is 1. The average molecular weight is 246 g/mol. The molecular formula is C15H19FN2. The molecule has 1 aliphatic rings.